The number of halogens is 1. The number of benzene rings is 2. The second-order valence-corrected chi connectivity index (χ2v) is 5.07. The summed E-state index contributed by atoms with van der Waals surface area (Å²) in [5, 5.41) is 12.0. The van der Waals surface area contributed by atoms with E-state index in [1.807, 2.05) is 43.3 Å². The third-order valence-electron chi connectivity index (χ3n) is 3.28. The molecule has 0 heterocycles. The molecule has 2 aromatic carbocycles. The predicted octanol–water partition coefficient (Wildman–Crippen LogP) is 4.34. The molecular weight excluding hydrogens is 284 g/mol. The van der Waals surface area contributed by atoms with Gasteiger partial charge in [0.05, 0.1) is 16.5 Å². The van der Waals surface area contributed by atoms with E-state index in [0.29, 0.717) is 22.7 Å². The van der Waals surface area contributed by atoms with E-state index in [0.717, 1.165) is 5.56 Å². The average molecular weight is 299 g/mol. The minimum atomic E-state index is -0.208. The van der Waals surface area contributed by atoms with Crippen molar-refractivity contribution in [1.82, 2.24) is 0 Å². The number of nitrogens with one attached hydrogen (secondary N) is 1. The summed E-state index contributed by atoms with van der Waals surface area (Å²) in [5.74, 6) is -0.287. The van der Waals surface area contributed by atoms with Crippen molar-refractivity contribution < 1.29 is 4.79 Å². The lowest BCUT2D eigenvalue weighted by atomic mass is 9.95. The van der Waals surface area contributed by atoms with Gasteiger partial charge in [-0.05, 0) is 30.2 Å². The maximum atomic E-state index is 12.4. The van der Waals surface area contributed by atoms with Crippen LogP contribution in [0.3, 0.4) is 0 Å². The predicted molar refractivity (Wildman–Crippen MR) is 84.3 cm³/mol. The van der Waals surface area contributed by atoms with Crippen LogP contribution < -0.4 is 5.32 Å². The second-order valence-electron chi connectivity index (χ2n) is 4.67. The van der Waals surface area contributed by atoms with Gasteiger partial charge in [-0.2, -0.15) is 5.26 Å². The van der Waals surface area contributed by atoms with E-state index in [9.17, 15) is 4.79 Å². The van der Waals surface area contributed by atoms with E-state index in [2.05, 4.69) is 5.32 Å². The first-order valence-electron chi connectivity index (χ1n) is 6.71. The van der Waals surface area contributed by atoms with Gasteiger partial charge in [0, 0.05) is 5.69 Å². The topological polar surface area (TPSA) is 52.9 Å². The Hall–Kier alpha value is -2.31. The van der Waals surface area contributed by atoms with E-state index in [-0.39, 0.29) is 11.8 Å². The van der Waals surface area contributed by atoms with Crippen molar-refractivity contribution in [2.45, 2.75) is 19.3 Å². The van der Waals surface area contributed by atoms with Crippen LogP contribution in [0.1, 0.15) is 30.4 Å². The van der Waals surface area contributed by atoms with Crippen molar-refractivity contribution in [3.8, 4) is 6.07 Å². The van der Waals surface area contributed by atoms with E-state index >= 15 is 0 Å². The highest BCUT2D eigenvalue weighted by atomic mass is 35.5. The summed E-state index contributed by atoms with van der Waals surface area (Å²) >= 11 is 5.97. The van der Waals surface area contributed by atoms with Crippen LogP contribution in [0.5, 0.6) is 0 Å². The maximum Gasteiger partial charge on any atom is 0.231 e. The molecule has 2 aromatic rings. The molecule has 0 aliphatic heterocycles. The lowest BCUT2D eigenvalue weighted by Crippen LogP contribution is -2.20. The number of anilines is 1. The van der Waals surface area contributed by atoms with E-state index < -0.39 is 0 Å². The number of nitrogens with zero attached hydrogens (tertiary/aromatic N) is 1. The number of hydrogen-bond donors (Lipinski definition) is 1. The lowest BCUT2D eigenvalue weighted by Gasteiger charge is -2.15. The molecule has 21 heavy (non-hydrogen) atoms. The molecule has 0 bridgehead atoms. The normalized spacial score (nSPS) is 11.5. The molecule has 1 unspecified atom stereocenters. The summed E-state index contributed by atoms with van der Waals surface area (Å²) in [4.78, 5) is 12.4. The van der Waals surface area contributed by atoms with Crippen LogP contribution in [-0.2, 0) is 4.79 Å². The number of carbonyl (C=O) groups is 1. The van der Waals surface area contributed by atoms with Crippen LogP contribution >= 0.6 is 11.6 Å². The quantitative estimate of drug-likeness (QED) is 0.912. The Morgan fingerprint density at radius 3 is 2.57 bits per heavy atom. The van der Waals surface area contributed by atoms with Gasteiger partial charge in [-0.1, -0.05) is 48.9 Å². The fourth-order valence-corrected chi connectivity index (χ4v) is 2.39. The Kier molecular flexibility index (Phi) is 4.97. The van der Waals surface area contributed by atoms with Crippen LogP contribution in [0.2, 0.25) is 5.02 Å². The van der Waals surface area contributed by atoms with E-state index in [1.165, 1.54) is 0 Å². The standard InChI is InChI=1S/C17H15ClN2O/c1-2-15(12-6-4-3-5-7-12)17(21)20-14-9-8-13(11-19)16(18)10-14/h3-10,15H,2H2,1H3,(H,20,21). The summed E-state index contributed by atoms with van der Waals surface area (Å²) in [7, 11) is 0. The molecule has 0 aliphatic rings. The minimum Gasteiger partial charge on any atom is -0.326 e. The molecule has 1 amide bonds. The van der Waals surface area contributed by atoms with Gasteiger partial charge in [0.25, 0.3) is 0 Å². The third kappa shape index (κ3) is 3.62. The molecule has 2 rings (SSSR count). The van der Waals surface area contributed by atoms with Crippen molar-refractivity contribution in [3.63, 3.8) is 0 Å². The molecule has 0 aliphatic carbocycles. The van der Waals surface area contributed by atoms with E-state index in [4.69, 9.17) is 16.9 Å². The molecule has 3 nitrogen and oxygen atoms in total. The molecule has 1 atom stereocenters. The summed E-state index contributed by atoms with van der Waals surface area (Å²) in [6.45, 7) is 1.98. The highest BCUT2D eigenvalue weighted by Crippen LogP contribution is 2.24. The van der Waals surface area contributed by atoms with E-state index in [1.54, 1.807) is 18.2 Å². The van der Waals surface area contributed by atoms with Crippen molar-refractivity contribution in [2.75, 3.05) is 5.32 Å². The highest BCUT2D eigenvalue weighted by Gasteiger charge is 2.18. The van der Waals surface area contributed by atoms with Gasteiger partial charge in [-0.15, -0.1) is 0 Å². The summed E-state index contributed by atoms with van der Waals surface area (Å²) < 4.78 is 0. The molecule has 0 spiro atoms. The Balaban J connectivity index is 2.17. The SMILES string of the molecule is CCC(C(=O)Nc1ccc(C#N)c(Cl)c1)c1ccccc1. The van der Waals surface area contributed by atoms with Crippen LogP contribution in [-0.4, -0.2) is 5.91 Å². The van der Waals surface area contributed by atoms with Crippen LogP contribution in [0, 0.1) is 11.3 Å². The molecule has 0 saturated carbocycles. The van der Waals surface area contributed by atoms with Crippen LogP contribution in [0.4, 0.5) is 5.69 Å². The number of rotatable bonds is 4. The summed E-state index contributed by atoms with van der Waals surface area (Å²) in [6.07, 6.45) is 0.708. The zero-order valence-electron chi connectivity index (χ0n) is 11.6. The largest absolute Gasteiger partial charge is 0.326 e. The monoisotopic (exact) mass is 298 g/mol. The minimum absolute atomic E-state index is 0.0792. The van der Waals surface area contributed by atoms with Gasteiger partial charge in [0.15, 0.2) is 0 Å². The number of carbonyl (C=O) groups excluding carboxylic acids is 1. The van der Waals surface area contributed by atoms with Crippen molar-refractivity contribution in [1.29, 1.82) is 5.26 Å². The third-order valence-corrected chi connectivity index (χ3v) is 3.60. The fraction of sp³-hybridized carbons (Fsp3) is 0.176. The van der Waals surface area contributed by atoms with Gasteiger partial charge >= 0.3 is 0 Å². The first kappa shape index (κ1) is 15.1. The average Bonchev–Trinajstić information content (AvgIpc) is 2.49. The van der Waals surface area contributed by atoms with Gasteiger partial charge < -0.3 is 5.32 Å². The van der Waals surface area contributed by atoms with Gasteiger partial charge in [0.1, 0.15) is 6.07 Å². The Morgan fingerprint density at radius 2 is 2.00 bits per heavy atom. The lowest BCUT2D eigenvalue weighted by molar-refractivity contribution is -0.117. The number of nitriles is 1. The maximum absolute atomic E-state index is 12.4. The molecule has 4 heteroatoms. The number of amides is 1. The zero-order chi connectivity index (χ0) is 15.2. The molecule has 0 aromatic heterocycles. The first-order valence-corrected chi connectivity index (χ1v) is 7.09. The molecule has 106 valence electrons. The van der Waals surface area contributed by atoms with Crippen LogP contribution in [0.15, 0.2) is 48.5 Å². The van der Waals surface area contributed by atoms with Crippen molar-refractivity contribution in [3.05, 3.63) is 64.7 Å². The first-order chi connectivity index (χ1) is 10.2. The smallest absolute Gasteiger partial charge is 0.231 e. The van der Waals surface area contributed by atoms with Crippen LogP contribution in [0.25, 0.3) is 0 Å². The van der Waals surface area contributed by atoms with Gasteiger partial charge in [0.2, 0.25) is 5.91 Å². The fourth-order valence-electron chi connectivity index (χ4n) is 2.17. The van der Waals surface area contributed by atoms with Crippen molar-refractivity contribution >= 4 is 23.2 Å². The summed E-state index contributed by atoms with van der Waals surface area (Å²) in [6, 6.07) is 16.5. The number of hydrogen-bond acceptors (Lipinski definition) is 2. The molecule has 0 saturated heterocycles. The highest BCUT2D eigenvalue weighted by molar-refractivity contribution is 6.32. The Morgan fingerprint density at radius 1 is 1.29 bits per heavy atom. The van der Waals surface area contributed by atoms with Gasteiger partial charge in [-0.3, -0.25) is 4.79 Å². The molecule has 0 fully saturated rings. The molecule has 1 N–H and O–H groups in total. The molecule has 0 radical (unpaired) electrons. The van der Waals surface area contributed by atoms with Gasteiger partial charge in [-0.25, -0.2) is 0 Å². The molecular formula is C17H15ClN2O. The van der Waals surface area contributed by atoms with Crippen molar-refractivity contribution in [2.24, 2.45) is 0 Å². The zero-order valence-corrected chi connectivity index (χ0v) is 12.4. The Bertz CT molecular complexity index is 677. The Labute approximate surface area is 129 Å². The second kappa shape index (κ2) is 6.92. The summed E-state index contributed by atoms with van der Waals surface area (Å²) in [5.41, 5.74) is 1.97.